The average molecular weight is 306 g/mol. The molecule has 2 N–H and O–H groups in total. The topological polar surface area (TPSA) is 68.2 Å². The third-order valence-corrected chi connectivity index (χ3v) is 4.14. The molecule has 1 aromatic carbocycles. The number of ether oxygens (including phenoxy) is 3. The monoisotopic (exact) mass is 306 g/mol. The van der Waals surface area contributed by atoms with Gasteiger partial charge in [0.05, 0.1) is 25.9 Å². The number of rotatable bonds is 4. The summed E-state index contributed by atoms with van der Waals surface area (Å²) in [6.45, 7) is 0.631. The molecule has 0 radical (unpaired) electrons. The van der Waals surface area contributed by atoms with E-state index in [-0.39, 0.29) is 18.8 Å². The van der Waals surface area contributed by atoms with Gasteiger partial charge in [-0.2, -0.15) is 0 Å². The quantitative estimate of drug-likeness (QED) is 0.814. The Morgan fingerprint density at radius 2 is 2.00 bits per heavy atom. The van der Waals surface area contributed by atoms with Crippen molar-refractivity contribution in [3.8, 4) is 0 Å². The molecule has 2 aliphatic rings. The van der Waals surface area contributed by atoms with Gasteiger partial charge in [-0.3, -0.25) is 0 Å². The lowest BCUT2D eigenvalue weighted by atomic mass is 9.93. The second-order valence-corrected chi connectivity index (χ2v) is 5.65. The Balaban J connectivity index is 1.72. The van der Waals surface area contributed by atoms with Gasteiger partial charge in [0.2, 0.25) is 0 Å². The van der Waals surface area contributed by atoms with Gasteiger partial charge in [0.25, 0.3) is 0 Å². The molecule has 0 amide bonds. The highest BCUT2D eigenvalue weighted by atomic mass is 16.6. The molecule has 0 unspecified atom stereocenters. The van der Waals surface area contributed by atoms with E-state index in [9.17, 15) is 10.2 Å². The Morgan fingerprint density at radius 3 is 2.77 bits per heavy atom. The lowest BCUT2D eigenvalue weighted by Crippen LogP contribution is -2.59. The average Bonchev–Trinajstić information content (AvgIpc) is 2.79. The molecule has 5 nitrogen and oxygen atoms in total. The van der Waals surface area contributed by atoms with Crippen LogP contribution in [0.25, 0.3) is 0 Å². The number of hydrogen-bond acceptors (Lipinski definition) is 5. The summed E-state index contributed by atoms with van der Waals surface area (Å²) in [4.78, 5) is 0. The molecule has 5 atom stereocenters. The van der Waals surface area contributed by atoms with Crippen LogP contribution < -0.4 is 0 Å². The molecule has 120 valence electrons. The molecular formula is C17H22O5. The Morgan fingerprint density at radius 1 is 1.18 bits per heavy atom. The van der Waals surface area contributed by atoms with E-state index in [1.165, 1.54) is 0 Å². The van der Waals surface area contributed by atoms with Crippen molar-refractivity contribution in [1.82, 2.24) is 0 Å². The predicted molar refractivity (Wildman–Crippen MR) is 80.3 cm³/mol. The van der Waals surface area contributed by atoms with Gasteiger partial charge < -0.3 is 24.4 Å². The maximum absolute atomic E-state index is 10.4. The Hall–Kier alpha value is -1.24. The van der Waals surface area contributed by atoms with Crippen LogP contribution in [0.4, 0.5) is 0 Å². The van der Waals surface area contributed by atoms with Gasteiger partial charge in [0.15, 0.2) is 0 Å². The van der Waals surface area contributed by atoms with Crippen LogP contribution in [0.5, 0.6) is 0 Å². The molecule has 2 heterocycles. The third-order valence-electron chi connectivity index (χ3n) is 4.14. The van der Waals surface area contributed by atoms with Gasteiger partial charge in [0.1, 0.15) is 24.4 Å². The summed E-state index contributed by atoms with van der Waals surface area (Å²) in [5.41, 5.74) is 1.03. The van der Waals surface area contributed by atoms with Crippen LogP contribution in [0.2, 0.25) is 0 Å². The van der Waals surface area contributed by atoms with Gasteiger partial charge in [-0.1, -0.05) is 42.5 Å². The summed E-state index contributed by atoms with van der Waals surface area (Å²) in [6.07, 6.45) is 2.03. The van der Waals surface area contributed by atoms with E-state index in [2.05, 4.69) is 0 Å². The van der Waals surface area contributed by atoms with E-state index in [1.54, 1.807) is 0 Å². The van der Waals surface area contributed by atoms with E-state index in [1.807, 2.05) is 42.5 Å². The Bertz CT molecular complexity index is 489. The molecule has 0 aromatic heterocycles. The molecule has 2 aliphatic heterocycles. The summed E-state index contributed by atoms with van der Waals surface area (Å²) < 4.78 is 17.5. The van der Waals surface area contributed by atoms with Crippen molar-refractivity contribution < 1.29 is 24.4 Å². The smallest absolute Gasteiger partial charge is 0.115 e. The van der Waals surface area contributed by atoms with Crippen LogP contribution in [0, 0.1) is 0 Å². The number of fused-ring (bicyclic) bond motifs is 1. The van der Waals surface area contributed by atoms with E-state index >= 15 is 0 Å². The van der Waals surface area contributed by atoms with Crippen molar-refractivity contribution in [2.24, 2.45) is 0 Å². The number of benzene rings is 1. The van der Waals surface area contributed by atoms with Gasteiger partial charge >= 0.3 is 0 Å². The van der Waals surface area contributed by atoms with Crippen molar-refractivity contribution in [2.75, 3.05) is 13.2 Å². The molecular weight excluding hydrogens is 284 g/mol. The second-order valence-electron chi connectivity index (χ2n) is 5.65. The fourth-order valence-corrected chi connectivity index (χ4v) is 2.97. The van der Waals surface area contributed by atoms with Crippen molar-refractivity contribution in [3.05, 3.63) is 48.0 Å². The second kappa shape index (κ2) is 7.35. The summed E-state index contributed by atoms with van der Waals surface area (Å²) in [5, 5.41) is 19.9. The number of aliphatic hydroxyl groups is 2. The van der Waals surface area contributed by atoms with Crippen molar-refractivity contribution in [2.45, 2.75) is 43.5 Å². The van der Waals surface area contributed by atoms with Crippen LogP contribution in [0.15, 0.2) is 42.5 Å². The molecule has 0 saturated carbocycles. The maximum atomic E-state index is 10.4. The zero-order valence-electron chi connectivity index (χ0n) is 12.4. The van der Waals surface area contributed by atoms with Gasteiger partial charge in [-0.15, -0.1) is 0 Å². The van der Waals surface area contributed by atoms with E-state index in [0.29, 0.717) is 19.6 Å². The predicted octanol–water partition coefficient (Wildman–Crippen LogP) is 1.04. The first-order chi connectivity index (χ1) is 10.8. The molecule has 1 saturated heterocycles. The van der Waals surface area contributed by atoms with E-state index in [0.717, 1.165) is 5.56 Å². The number of hydrogen-bond donors (Lipinski definition) is 2. The molecule has 22 heavy (non-hydrogen) atoms. The zero-order chi connectivity index (χ0) is 15.4. The third kappa shape index (κ3) is 3.39. The van der Waals surface area contributed by atoms with Crippen LogP contribution in [0.1, 0.15) is 12.0 Å². The van der Waals surface area contributed by atoms with Crippen LogP contribution >= 0.6 is 0 Å². The van der Waals surface area contributed by atoms with Crippen molar-refractivity contribution >= 4 is 0 Å². The number of aliphatic hydroxyl groups excluding tert-OH is 2. The fraction of sp³-hybridized carbons (Fsp3) is 0.529. The van der Waals surface area contributed by atoms with Gasteiger partial charge in [-0.05, 0) is 12.0 Å². The molecule has 3 rings (SSSR count). The molecule has 1 aromatic rings. The normalized spacial score (nSPS) is 34.9. The van der Waals surface area contributed by atoms with Crippen LogP contribution in [0.3, 0.4) is 0 Å². The highest BCUT2D eigenvalue weighted by Gasteiger charge is 2.46. The van der Waals surface area contributed by atoms with E-state index in [4.69, 9.17) is 14.2 Å². The van der Waals surface area contributed by atoms with Crippen LogP contribution in [-0.4, -0.2) is 53.9 Å². The summed E-state index contributed by atoms with van der Waals surface area (Å²) >= 11 is 0. The minimum absolute atomic E-state index is 0.208. The minimum Gasteiger partial charge on any atom is -0.394 e. The first kappa shape index (κ1) is 15.6. The molecule has 0 aliphatic carbocycles. The first-order valence-corrected chi connectivity index (χ1v) is 7.66. The maximum Gasteiger partial charge on any atom is 0.115 e. The minimum atomic E-state index is -0.909. The largest absolute Gasteiger partial charge is 0.394 e. The molecule has 0 spiro atoms. The highest BCUT2D eigenvalue weighted by Crippen LogP contribution is 2.29. The first-order valence-electron chi connectivity index (χ1n) is 7.66. The lowest BCUT2D eigenvalue weighted by Gasteiger charge is -2.43. The molecule has 5 heteroatoms. The standard InChI is InChI=1S/C17H22O5/c18-10-14-15(19)17(21-11-12-6-2-1-3-7-12)16-13(22-14)8-4-5-9-20-16/h1-7,13-19H,8-11H2/t13-,14+,15+,16-,17-/m0/s1. The Kier molecular flexibility index (Phi) is 5.23. The summed E-state index contributed by atoms with van der Waals surface area (Å²) in [7, 11) is 0. The highest BCUT2D eigenvalue weighted by molar-refractivity contribution is 5.13. The van der Waals surface area contributed by atoms with Crippen molar-refractivity contribution in [1.29, 1.82) is 0 Å². The van der Waals surface area contributed by atoms with Gasteiger partial charge in [-0.25, -0.2) is 0 Å². The fourth-order valence-electron chi connectivity index (χ4n) is 2.97. The van der Waals surface area contributed by atoms with E-state index < -0.39 is 18.3 Å². The van der Waals surface area contributed by atoms with Crippen LogP contribution in [-0.2, 0) is 20.8 Å². The lowest BCUT2D eigenvalue weighted by molar-refractivity contribution is -0.250. The molecule has 1 fully saturated rings. The summed E-state index contributed by atoms with van der Waals surface area (Å²) in [6, 6.07) is 9.80. The zero-order valence-corrected chi connectivity index (χ0v) is 12.4. The van der Waals surface area contributed by atoms with Gasteiger partial charge in [0, 0.05) is 0 Å². The van der Waals surface area contributed by atoms with Crippen molar-refractivity contribution in [3.63, 3.8) is 0 Å². The Labute approximate surface area is 130 Å². The SMILES string of the molecule is OC[C@H]1O[C@H]2CC=CCO[C@@H]2[C@@H](OCc2ccccc2)[C@@H]1O. The summed E-state index contributed by atoms with van der Waals surface area (Å²) in [5.74, 6) is 0. The molecule has 0 bridgehead atoms.